The number of hydrogen-bond donors (Lipinski definition) is 1. The molecule has 0 radical (unpaired) electrons. The summed E-state index contributed by atoms with van der Waals surface area (Å²) in [6, 6.07) is 0.753. The van der Waals surface area contributed by atoms with E-state index < -0.39 is 0 Å². The van der Waals surface area contributed by atoms with E-state index in [2.05, 4.69) is 24.1 Å². The Bertz CT molecular complexity index is 412. The van der Waals surface area contributed by atoms with Crippen molar-refractivity contribution in [3.63, 3.8) is 0 Å². The highest BCUT2D eigenvalue weighted by Gasteiger charge is 2.36. The summed E-state index contributed by atoms with van der Waals surface area (Å²) < 4.78 is 0. The second-order valence-corrected chi connectivity index (χ2v) is 5.53. The first-order chi connectivity index (χ1) is 8.28. The van der Waals surface area contributed by atoms with Crippen molar-refractivity contribution in [2.75, 3.05) is 0 Å². The lowest BCUT2D eigenvalue weighted by atomic mass is 10.1. The number of rotatable bonds is 5. The Hall–Kier alpha value is -0.960. The third kappa shape index (κ3) is 2.49. The molecule has 17 heavy (non-hydrogen) atoms. The van der Waals surface area contributed by atoms with E-state index in [1.807, 2.05) is 6.20 Å². The maximum absolute atomic E-state index is 4.75. The quantitative estimate of drug-likeness (QED) is 0.845. The van der Waals surface area contributed by atoms with Crippen molar-refractivity contribution in [3.8, 4) is 0 Å². The number of hydrogen-bond acceptors (Lipinski definition) is 3. The zero-order chi connectivity index (χ0) is 11.8. The molecule has 1 aromatic rings. The van der Waals surface area contributed by atoms with Gasteiger partial charge in [-0.2, -0.15) is 0 Å². The molecular formula is C14H21N3. The van der Waals surface area contributed by atoms with Gasteiger partial charge in [-0.1, -0.05) is 13.8 Å². The number of aryl methyl sites for hydroxylation is 1. The molecule has 92 valence electrons. The predicted octanol–water partition coefficient (Wildman–Crippen LogP) is 2.41. The third-order valence-electron chi connectivity index (χ3n) is 3.91. The molecule has 2 atom stereocenters. The molecule has 3 rings (SSSR count). The van der Waals surface area contributed by atoms with Gasteiger partial charge in [0.05, 0.1) is 0 Å². The molecule has 0 spiro atoms. The fourth-order valence-electron chi connectivity index (χ4n) is 2.31. The highest BCUT2D eigenvalue weighted by molar-refractivity contribution is 5.21. The smallest absolute Gasteiger partial charge is 0.131 e. The maximum atomic E-state index is 4.75. The van der Waals surface area contributed by atoms with Crippen LogP contribution in [0.5, 0.6) is 0 Å². The molecule has 0 amide bonds. The van der Waals surface area contributed by atoms with Gasteiger partial charge >= 0.3 is 0 Å². The molecule has 2 saturated carbocycles. The van der Waals surface area contributed by atoms with E-state index in [9.17, 15) is 0 Å². The van der Waals surface area contributed by atoms with E-state index in [0.29, 0.717) is 5.92 Å². The van der Waals surface area contributed by atoms with Crippen LogP contribution in [0.25, 0.3) is 0 Å². The van der Waals surface area contributed by atoms with Crippen molar-refractivity contribution in [1.82, 2.24) is 15.3 Å². The van der Waals surface area contributed by atoms with Crippen molar-refractivity contribution in [2.45, 2.75) is 58.0 Å². The topological polar surface area (TPSA) is 37.8 Å². The van der Waals surface area contributed by atoms with Crippen LogP contribution in [0.1, 0.15) is 56.1 Å². The van der Waals surface area contributed by atoms with Crippen LogP contribution in [0.15, 0.2) is 6.20 Å². The van der Waals surface area contributed by atoms with Crippen LogP contribution in [0, 0.1) is 5.92 Å². The van der Waals surface area contributed by atoms with Crippen LogP contribution in [0.3, 0.4) is 0 Å². The lowest BCUT2D eigenvalue weighted by molar-refractivity contribution is 0.671. The zero-order valence-electron chi connectivity index (χ0n) is 10.7. The van der Waals surface area contributed by atoms with Crippen LogP contribution in [0.4, 0.5) is 0 Å². The van der Waals surface area contributed by atoms with Crippen molar-refractivity contribution in [3.05, 3.63) is 23.3 Å². The van der Waals surface area contributed by atoms with Gasteiger partial charge < -0.3 is 5.32 Å². The summed E-state index contributed by atoms with van der Waals surface area (Å²) in [5, 5.41) is 3.54. The molecule has 0 saturated heterocycles. The maximum Gasteiger partial charge on any atom is 0.131 e. The van der Waals surface area contributed by atoms with Crippen molar-refractivity contribution in [2.24, 2.45) is 5.92 Å². The van der Waals surface area contributed by atoms with E-state index in [1.54, 1.807) is 0 Å². The standard InChI is InChI=1S/C14H21N3/c1-3-13-10(7-15-11-4-5-11)8-16-14(17-13)12-6-9(12)2/h8-9,11-12,15H,3-7H2,1-2H3. The number of aromatic nitrogens is 2. The average molecular weight is 231 g/mol. The van der Waals surface area contributed by atoms with Crippen molar-refractivity contribution in [1.29, 1.82) is 0 Å². The van der Waals surface area contributed by atoms with Crippen molar-refractivity contribution < 1.29 is 0 Å². The summed E-state index contributed by atoms with van der Waals surface area (Å²) >= 11 is 0. The summed E-state index contributed by atoms with van der Waals surface area (Å²) in [4.78, 5) is 9.30. The largest absolute Gasteiger partial charge is 0.310 e. The summed E-state index contributed by atoms with van der Waals surface area (Å²) in [6.45, 7) is 5.40. The van der Waals surface area contributed by atoms with Gasteiger partial charge in [0.15, 0.2) is 0 Å². The molecule has 3 nitrogen and oxygen atoms in total. The molecule has 3 heteroatoms. The van der Waals surface area contributed by atoms with E-state index in [4.69, 9.17) is 4.98 Å². The van der Waals surface area contributed by atoms with Gasteiger partial charge in [-0.25, -0.2) is 9.97 Å². The molecule has 0 aliphatic heterocycles. The Balaban J connectivity index is 1.73. The minimum atomic E-state index is 0.630. The zero-order valence-corrected chi connectivity index (χ0v) is 10.7. The van der Waals surface area contributed by atoms with E-state index in [-0.39, 0.29) is 0 Å². The first kappa shape index (κ1) is 11.1. The van der Waals surface area contributed by atoms with Gasteiger partial charge in [-0.3, -0.25) is 0 Å². The highest BCUT2D eigenvalue weighted by Crippen LogP contribution is 2.45. The van der Waals surface area contributed by atoms with Crippen LogP contribution in [0.2, 0.25) is 0 Å². The molecule has 2 fully saturated rings. The fourth-order valence-corrected chi connectivity index (χ4v) is 2.31. The Morgan fingerprint density at radius 3 is 2.76 bits per heavy atom. The molecule has 1 aromatic heterocycles. The Morgan fingerprint density at radius 1 is 1.41 bits per heavy atom. The molecule has 1 N–H and O–H groups in total. The number of nitrogens with one attached hydrogen (secondary N) is 1. The SMILES string of the molecule is CCc1nc(C2CC2C)ncc1CNC1CC1. The van der Waals surface area contributed by atoms with Gasteiger partial charge in [0.25, 0.3) is 0 Å². The summed E-state index contributed by atoms with van der Waals surface area (Å²) in [5.74, 6) is 2.49. The highest BCUT2D eigenvalue weighted by atomic mass is 15.0. The third-order valence-corrected chi connectivity index (χ3v) is 3.91. The Labute approximate surface area is 103 Å². The predicted molar refractivity (Wildman–Crippen MR) is 67.8 cm³/mol. The lowest BCUT2D eigenvalue weighted by Gasteiger charge is -2.09. The molecule has 2 aliphatic rings. The summed E-state index contributed by atoms with van der Waals surface area (Å²) in [5.41, 5.74) is 2.53. The van der Waals surface area contributed by atoms with E-state index >= 15 is 0 Å². The molecule has 1 heterocycles. The Kier molecular flexibility index (Phi) is 2.87. The summed E-state index contributed by atoms with van der Waals surface area (Å²) in [7, 11) is 0. The Morgan fingerprint density at radius 2 is 2.18 bits per heavy atom. The van der Waals surface area contributed by atoms with Crippen LogP contribution in [-0.4, -0.2) is 16.0 Å². The van der Waals surface area contributed by atoms with Gasteiger partial charge in [-0.05, 0) is 31.6 Å². The molecule has 0 bridgehead atoms. The van der Waals surface area contributed by atoms with Gasteiger partial charge in [0.2, 0.25) is 0 Å². The van der Waals surface area contributed by atoms with Crippen molar-refractivity contribution >= 4 is 0 Å². The first-order valence-electron chi connectivity index (χ1n) is 6.86. The number of nitrogens with zero attached hydrogens (tertiary/aromatic N) is 2. The normalized spacial score (nSPS) is 27.2. The van der Waals surface area contributed by atoms with E-state index in [1.165, 1.54) is 30.5 Å². The first-order valence-corrected chi connectivity index (χ1v) is 6.86. The second kappa shape index (κ2) is 4.37. The molecule has 0 aromatic carbocycles. The fraction of sp³-hybridized carbons (Fsp3) is 0.714. The van der Waals surface area contributed by atoms with Gasteiger partial charge in [0, 0.05) is 36.0 Å². The minimum Gasteiger partial charge on any atom is -0.310 e. The minimum absolute atomic E-state index is 0.630. The molecule has 2 unspecified atom stereocenters. The van der Waals surface area contributed by atoms with Crippen LogP contribution >= 0.6 is 0 Å². The lowest BCUT2D eigenvalue weighted by Crippen LogP contribution is -2.17. The van der Waals surface area contributed by atoms with Gasteiger partial charge in [-0.15, -0.1) is 0 Å². The second-order valence-electron chi connectivity index (χ2n) is 5.53. The van der Waals surface area contributed by atoms with Crippen LogP contribution in [-0.2, 0) is 13.0 Å². The average Bonchev–Trinajstić information content (AvgIpc) is 3.23. The monoisotopic (exact) mass is 231 g/mol. The molecular weight excluding hydrogens is 210 g/mol. The van der Waals surface area contributed by atoms with E-state index in [0.717, 1.165) is 30.7 Å². The van der Waals surface area contributed by atoms with Gasteiger partial charge in [0.1, 0.15) is 5.82 Å². The van der Waals surface area contributed by atoms with Crippen LogP contribution < -0.4 is 5.32 Å². The summed E-state index contributed by atoms with van der Waals surface area (Å²) in [6.07, 6.45) is 6.99. The molecule has 2 aliphatic carbocycles.